The van der Waals surface area contributed by atoms with Crippen LogP contribution in [-0.4, -0.2) is 34.5 Å². The Labute approximate surface area is 133 Å². The SMILES string of the molecule is O=C(C1CSc2ccccc21)N(CCBr)C1CCCC1. The topological polar surface area (TPSA) is 20.3 Å². The summed E-state index contributed by atoms with van der Waals surface area (Å²) in [6, 6.07) is 8.84. The molecular formula is C16H20BrNOS. The number of halogens is 1. The fraction of sp³-hybridized carbons (Fsp3) is 0.562. The minimum Gasteiger partial charge on any atom is -0.338 e. The van der Waals surface area contributed by atoms with Crippen LogP contribution in [0.15, 0.2) is 29.2 Å². The number of thioether (sulfide) groups is 1. The average molecular weight is 354 g/mol. The second-order valence-electron chi connectivity index (χ2n) is 5.56. The number of fused-ring (bicyclic) bond motifs is 1. The summed E-state index contributed by atoms with van der Waals surface area (Å²) >= 11 is 5.33. The van der Waals surface area contributed by atoms with Gasteiger partial charge in [-0.25, -0.2) is 0 Å². The zero-order valence-electron chi connectivity index (χ0n) is 11.6. The van der Waals surface area contributed by atoms with Gasteiger partial charge in [0.1, 0.15) is 0 Å². The normalized spacial score (nSPS) is 21.9. The molecule has 3 rings (SSSR count). The Balaban J connectivity index is 1.80. The van der Waals surface area contributed by atoms with E-state index >= 15 is 0 Å². The Kier molecular flexibility index (Phi) is 4.72. The van der Waals surface area contributed by atoms with E-state index in [0.29, 0.717) is 11.9 Å². The van der Waals surface area contributed by atoms with Crippen molar-refractivity contribution in [3.8, 4) is 0 Å². The third-order valence-electron chi connectivity index (χ3n) is 4.37. The van der Waals surface area contributed by atoms with Crippen molar-refractivity contribution >= 4 is 33.6 Å². The zero-order chi connectivity index (χ0) is 13.9. The fourth-order valence-electron chi connectivity index (χ4n) is 3.35. The number of nitrogens with zero attached hydrogens (tertiary/aromatic N) is 1. The molecule has 1 amide bonds. The molecule has 0 saturated heterocycles. The lowest BCUT2D eigenvalue weighted by molar-refractivity contribution is -0.134. The molecule has 20 heavy (non-hydrogen) atoms. The Hall–Kier alpha value is -0.480. The van der Waals surface area contributed by atoms with Gasteiger partial charge in [-0.3, -0.25) is 4.79 Å². The van der Waals surface area contributed by atoms with E-state index in [1.54, 1.807) is 0 Å². The largest absolute Gasteiger partial charge is 0.338 e. The first-order valence-corrected chi connectivity index (χ1v) is 9.50. The quantitative estimate of drug-likeness (QED) is 0.761. The van der Waals surface area contributed by atoms with E-state index in [1.165, 1.54) is 36.1 Å². The van der Waals surface area contributed by atoms with Crippen LogP contribution in [0.4, 0.5) is 0 Å². The molecule has 0 N–H and O–H groups in total. The number of benzene rings is 1. The Bertz CT molecular complexity index is 487. The van der Waals surface area contributed by atoms with Gasteiger partial charge in [0.25, 0.3) is 0 Å². The number of alkyl halides is 1. The maximum atomic E-state index is 13.0. The summed E-state index contributed by atoms with van der Waals surface area (Å²) in [5.41, 5.74) is 1.24. The molecule has 108 valence electrons. The van der Waals surface area contributed by atoms with E-state index < -0.39 is 0 Å². The molecule has 0 bridgehead atoms. The molecule has 1 heterocycles. The Morgan fingerprint density at radius 3 is 2.80 bits per heavy atom. The van der Waals surface area contributed by atoms with E-state index in [0.717, 1.165) is 17.6 Å². The monoisotopic (exact) mass is 353 g/mol. The standard InChI is InChI=1S/C16H20BrNOS/c17-9-10-18(12-5-1-2-6-12)16(19)14-11-20-15-8-4-3-7-13(14)15/h3-4,7-8,12,14H,1-2,5-6,9-11H2. The van der Waals surface area contributed by atoms with Crippen LogP contribution in [0.5, 0.6) is 0 Å². The van der Waals surface area contributed by atoms with Crippen LogP contribution < -0.4 is 0 Å². The molecule has 1 aliphatic carbocycles. The van der Waals surface area contributed by atoms with Crippen LogP contribution in [0.2, 0.25) is 0 Å². The summed E-state index contributed by atoms with van der Waals surface area (Å²) in [6.07, 6.45) is 4.90. The summed E-state index contributed by atoms with van der Waals surface area (Å²) in [5.74, 6) is 1.31. The van der Waals surface area contributed by atoms with E-state index in [9.17, 15) is 4.79 Å². The van der Waals surface area contributed by atoms with Crippen molar-refractivity contribution in [1.82, 2.24) is 4.90 Å². The first-order valence-electron chi connectivity index (χ1n) is 7.39. The van der Waals surface area contributed by atoms with Gasteiger partial charge in [0.15, 0.2) is 0 Å². The predicted octanol–water partition coefficient (Wildman–Crippen LogP) is 4.04. The molecule has 1 aromatic rings. The van der Waals surface area contributed by atoms with Gasteiger partial charge in [-0.15, -0.1) is 11.8 Å². The molecule has 1 atom stereocenters. The van der Waals surface area contributed by atoms with Crippen molar-refractivity contribution in [2.24, 2.45) is 0 Å². The fourth-order valence-corrected chi connectivity index (χ4v) is 4.95. The van der Waals surface area contributed by atoms with Gasteiger partial charge in [-0.05, 0) is 24.5 Å². The Morgan fingerprint density at radius 2 is 2.05 bits per heavy atom. The number of amides is 1. The summed E-state index contributed by atoms with van der Waals surface area (Å²) in [6.45, 7) is 0.840. The van der Waals surface area contributed by atoms with Crippen molar-refractivity contribution < 1.29 is 4.79 Å². The van der Waals surface area contributed by atoms with Crippen LogP contribution in [-0.2, 0) is 4.79 Å². The van der Waals surface area contributed by atoms with Crippen molar-refractivity contribution in [3.63, 3.8) is 0 Å². The first kappa shape index (κ1) is 14.5. The van der Waals surface area contributed by atoms with Crippen molar-refractivity contribution in [2.75, 3.05) is 17.6 Å². The van der Waals surface area contributed by atoms with Gasteiger partial charge < -0.3 is 4.90 Å². The first-order chi connectivity index (χ1) is 9.81. The van der Waals surface area contributed by atoms with Crippen LogP contribution in [0, 0.1) is 0 Å². The number of rotatable bonds is 4. The molecule has 1 aliphatic heterocycles. The lowest BCUT2D eigenvalue weighted by atomic mass is 9.99. The highest BCUT2D eigenvalue weighted by Crippen LogP contribution is 2.41. The Morgan fingerprint density at radius 1 is 1.30 bits per heavy atom. The molecular weight excluding hydrogens is 334 g/mol. The molecule has 1 saturated carbocycles. The molecule has 0 spiro atoms. The van der Waals surface area contributed by atoms with Gasteiger partial charge in [-0.2, -0.15) is 0 Å². The van der Waals surface area contributed by atoms with Gasteiger partial charge >= 0.3 is 0 Å². The number of hydrogen-bond donors (Lipinski definition) is 0. The minimum absolute atomic E-state index is 0.0656. The highest BCUT2D eigenvalue weighted by molar-refractivity contribution is 9.09. The summed E-state index contributed by atoms with van der Waals surface area (Å²) < 4.78 is 0. The zero-order valence-corrected chi connectivity index (χ0v) is 14.0. The van der Waals surface area contributed by atoms with Gasteiger partial charge in [0, 0.05) is 28.6 Å². The van der Waals surface area contributed by atoms with Crippen LogP contribution in [0.25, 0.3) is 0 Å². The molecule has 2 aliphatic rings. The van der Waals surface area contributed by atoms with E-state index in [4.69, 9.17) is 0 Å². The van der Waals surface area contributed by atoms with Crippen molar-refractivity contribution in [2.45, 2.75) is 42.5 Å². The lowest BCUT2D eigenvalue weighted by Gasteiger charge is -2.31. The third-order valence-corrected chi connectivity index (χ3v) is 5.91. The van der Waals surface area contributed by atoms with Crippen molar-refractivity contribution in [3.05, 3.63) is 29.8 Å². The minimum atomic E-state index is 0.0656. The van der Waals surface area contributed by atoms with E-state index in [2.05, 4.69) is 45.1 Å². The van der Waals surface area contributed by atoms with Gasteiger partial charge in [0.05, 0.1) is 5.92 Å². The van der Waals surface area contributed by atoms with Crippen LogP contribution in [0.1, 0.15) is 37.2 Å². The maximum absolute atomic E-state index is 13.0. The van der Waals surface area contributed by atoms with Crippen LogP contribution >= 0.6 is 27.7 Å². The number of carbonyl (C=O) groups excluding carboxylic acids is 1. The highest BCUT2D eigenvalue weighted by atomic mass is 79.9. The molecule has 1 aromatic carbocycles. The second-order valence-corrected chi connectivity index (χ2v) is 7.42. The highest BCUT2D eigenvalue weighted by Gasteiger charge is 2.35. The maximum Gasteiger partial charge on any atom is 0.231 e. The lowest BCUT2D eigenvalue weighted by Crippen LogP contribution is -2.43. The number of carbonyl (C=O) groups is 1. The molecule has 4 heteroatoms. The van der Waals surface area contributed by atoms with E-state index in [1.807, 2.05) is 11.8 Å². The van der Waals surface area contributed by atoms with Crippen molar-refractivity contribution in [1.29, 1.82) is 0 Å². The smallest absolute Gasteiger partial charge is 0.231 e. The summed E-state index contributed by atoms with van der Waals surface area (Å²) in [7, 11) is 0. The molecule has 1 fully saturated rings. The molecule has 2 nitrogen and oxygen atoms in total. The molecule has 1 unspecified atom stereocenters. The van der Waals surface area contributed by atoms with Crippen LogP contribution in [0.3, 0.4) is 0 Å². The van der Waals surface area contributed by atoms with Gasteiger partial charge in [0.2, 0.25) is 5.91 Å². The summed E-state index contributed by atoms with van der Waals surface area (Å²) in [4.78, 5) is 16.4. The molecule has 0 radical (unpaired) electrons. The predicted molar refractivity (Wildman–Crippen MR) is 87.7 cm³/mol. The number of hydrogen-bond acceptors (Lipinski definition) is 2. The second kappa shape index (κ2) is 6.52. The molecule has 0 aromatic heterocycles. The summed E-state index contributed by atoms with van der Waals surface area (Å²) in [5, 5.41) is 0.872. The van der Waals surface area contributed by atoms with E-state index in [-0.39, 0.29) is 5.92 Å². The average Bonchev–Trinajstić information content (AvgIpc) is 3.13. The van der Waals surface area contributed by atoms with Gasteiger partial charge in [-0.1, -0.05) is 47.0 Å². The third kappa shape index (κ3) is 2.77.